The van der Waals surface area contributed by atoms with Gasteiger partial charge in [-0.05, 0) is 32.4 Å². The largest absolute Gasteiger partial charge is 0.465 e. The molecule has 2 unspecified atom stereocenters. The molecule has 0 saturated carbocycles. The third-order valence-electron chi connectivity index (χ3n) is 3.26. The number of ether oxygens (including phenoxy) is 1. The monoisotopic (exact) mass is 361 g/mol. The van der Waals surface area contributed by atoms with E-state index >= 15 is 0 Å². The molecular formula is C16H21ClFNO3S. The van der Waals surface area contributed by atoms with E-state index in [1.54, 1.807) is 20.8 Å². The lowest BCUT2D eigenvalue weighted by Gasteiger charge is -2.15. The summed E-state index contributed by atoms with van der Waals surface area (Å²) in [5.41, 5.74) is 0.0539. The van der Waals surface area contributed by atoms with Crippen LogP contribution in [-0.2, 0) is 14.3 Å². The van der Waals surface area contributed by atoms with Crippen LogP contribution in [0.1, 0.15) is 34.1 Å². The summed E-state index contributed by atoms with van der Waals surface area (Å²) in [6, 6.07) is 2.58. The minimum Gasteiger partial charge on any atom is -0.465 e. The first kappa shape index (κ1) is 19.8. The third kappa shape index (κ3) is 5.70. The molecule has 1 aromatic rings. The van der Waals surface area contributed by atoms with Gasteiger partial charge < -0.3 is 10.1 Å². The van der Waals surface area contributed by atoms with Gasteiger partial charge in [0.25, 0.3) is 0 Å². The lowest BCUT2D eigenvalue weighted by atomic mass is 10.1. The summed E-state index contributed by atoms with van der Waals surface area (Å²) < 4.78 is 18.9. The molecule has 1 amide bonds. The molecule has 1 aromatic carbocycles. The van der Waals surface area contributed by atoms with Crippen LogP contribution in [0.15, 0.2) is 17.0 Å². The van der Waals surface area contributed by atoms with Crippen LogP contribution in [0.25, 0.3) is 0 Å². The third-order valence-corrected chi connectivity index (χ3v) is 4.82. The van der Waals surface area contributed by atoms with Crippen LogP contribution in [-0.4, -0.2) is 23.7 Å². The molecule has 0 bridgehead atoms. The van der Waals surface area contributed by atoms with Gasteiger partial charge in [0.2, 0.25) is 5.91 Å². The molecule has 0 fully saturated rings. The fourth-order valence-electron chi connectivity index (χ4n) is 1.65. The Labute approximate surface area is 145 Å². The van der Waals surface area contributed by atoms with Crippen molar-refractivity contribution in [1.29, 1.82) is 0 Å². The van der Waals surface area contributed by atoms with E-state index in [0.717, 1.165) is 17.8 Å². The molecule has 0 spiro atoms. The van der Waals surface area contributed by atoms with Gasteiger partial charge in [-0.1, -0.05) is 25.4 Å². The van der Waals surface area contributed by atoms with E-state index in [1.165, 1.54) is 6.07 Å². The highest BCUT2D eigenvalue weighted by Crippen LogP contribution is 2.35. The van der Waals surface area contributed by atoms with Crippen LogP contribution in [0.2, 0.25) is 5.02 Å². The summed E-state index contributed by atoms with van der Waals surface area (Å²) in [5, 5.41) is 2.25. The molecule has 0 aliphatic rings. The molecular weight excluding hydrogens is 341 g/mol. The number of anilines is 1. The topological polar surface area (TPSA) is 55.4 Å². The van der Waals surface area contributed by atoms with Gasteiger partial charge in [0.15, 0.2) is 0 Å². The van der Waals surface area contributed by atoms with Crippen molar-refractivity contribution in [3.8, 4) is 0 Å². The van der Waals surface area contributed by atoms with E-state index in [9.17, 15) is 14.0 Å². The fraction of sp³-hybridized carbons (Fsp3) is 0.500. The molecule has 0 aromatic heterocycles. The lowest BCUT2D eigenvalue weighted by molar-refractivity contribution is -0.142. The van der Waals surface area contributed by atoms with Crippen LogP contribution in [0, 0.1) is 11.7 Å². The highest BCUT2D eigenvalue weighted by atomic mass is 35.5. The quantitative estimate of drug-likeness (QED) is 0.573. The average Bonchev–Trinajstić information content (AvgIpc) is 2.50. The molecule has 0 saturated heterocycles. The Bertz CT molecular complexity index is 583. The summed E-state index contributed by atoms with van der Waals surface area (Å²) in [6.45, 7) is 7.34. The van der Waals surface area contributed by atoms with Gasteiger partial charge >= 0.3 is 5.97 Å². The van der Waals surface area contributed by atoms with E-state index in [1.807, 2.05) is 6.92 Å². The van der Waals surface area contributed by atoms with Gasteiger partial charge in [0, 0.05) is 10.8 Å². The molecule has 128 valence electrons. The normalized spacial score (nSPS) is 13.3. The second kappa shape index (κ2) is 9.13. The summed E-state index contributed by atoms with van der Waals surface area (Å²) >= 11 is 7.19. The first-order valence-electron chi connectivity index (χ1n) is 7.43. The maximum atomic E-state index is 14.0. The van der Waals surface area contributed by atoms with Crippen LogP contribution in [0.3, 0.4) is 0 Å². The van der Waals surface area contributed by atoms with Crippen molar-refractivity contribution in [2.45, 2.75) is 44.3 Å². The van der Waals surface area contributed by atoms with E-state index in [2.05, 4.69) is 5.32 Å². The number of halogens is 2. The van der Waals surface area contributed by atoms with Crippen molar-refractivity contribution in [2.24, 2.45) is 5.92 Å². The second-order valence-corrected chi connectivity index (χ2v) is 6.86. The highest BCUT2D eigenvalue weighted by Gasteiger charge is 2.20. The number of thioether (sulfide) groups is 1. The smallest absolute Gasteiger partial charge is 0.319 e. The van der Waals surface area contributed by atoms with Crippen LogP contribution < -0.4 is 5.32 Å². The highest BCUT2D eigenvalue weighted by molar-refractivity contribution is 8.00. The zero-order valence-electron chi connectivity index (χ0n) is 13.6. The number of carbonyl (C=O) groups is 2. The van der Waals surface area contributed by atoms with E-state index < -0.39 is 11.1 Å². The maximum absolute atomic E-state index is 14.0. The summed E-state index contributed by atoms with van der Waals surface area (Å²) in [5.74, 6) is -1.47. The second-order valence-electron chi connectivity index (χ2n) is 5.07. The van der Waals surface area contributed by atoms with Crippen molar-refractivity contribution >= 4 is 40.9 Å². The first-order valence-corrected chi connectivity index (χ1v) is 8.69. The summed E-state index contributed by atoms with van der Waals surface area (Å²) in [7, 11) is 0. The van der Waals surface area contributed by atoms with Crippen molar-refractivity contribution in [1.82, 2.24) is 0 Å². The van der Waals surface area contributed by atoms with Crippen LogP contribution in [0.5, 0.6) is 0 Å². The number of nitrogens with one attached hydrogen (secondary N) is 1. The van der Waals surface area contributed by atoms with Crippen molar-refractivity contribution < 1.29 is 18.7 Å². The fourth-order valence-corrected chi connectivity index (χ4v) is 2.84. The number of amides is 1. The molecule has 0 radical (unpaired) electrons. The van der Waals surface area contributed by atoms with Gasteiger partial charge in [-0.2, -0.15) is 0 Å². The van der Waals surface area contributed by atoms with Gasteiger partial charge in [0.05, 0.1) is 17.3 Å². The maximum Gasteiger partial charge on any atom is 0.319 e. The molecule has 0 heterocycles. The molecule has 1 N–H and O–H groups in total. The number of rotatable bonds is 7. The molecule has 7 heteroatoms. The van der Waals surface area contributed by atoms with Crippen molar-refractivity contribution in [2.75, 3.05) is 11.9 Å². The van der Waals surface area contributed by atoms with E-state index in [-0.39, 0.29) is 35.1 Å². The number of benzene rings is 1. The number of esters is 1. The van der Waals surface area contributed by atoms with Gasteiger partial charge in [0.1, 0.15) is 11.1 Å². The van der Waals surface area contributed by atoms with Crippen molar-refractivity contribution in [3.63, 3.8) is 0 Å². The molecule has 23 heavy (non-hydrogen) atoms. The Kier molecular flexibility index (Phi) is 7.85. The lowest BCUT2D eigenvalue weighted by Crippen LogP contribution is -2.20. The molecule has 1 rings (SSSR count). The van der Waals surface area contributed by atoms with Crippen LogP contribution in [0.4, 0.5) is 10.1 Å². The molecule has 0 aliphatic heterocycles. The molecule has 4 nitrogen and oxygen atoms in total. The Balaban J connectivity index is 2.95. The zero-order chi connectivity index (χ0) is 17.6. The van der Waals surface area contributed by atoms with Gasteiger partial charge in [-0.3, -0.25) is 9.59 Å². The summed E-state index contributed by atoms with van der Waals surface area (Å²) in [4.78, 5) is 24.1. The Hall–Kier alpha value is -1.27. The Morgan fingerprint density at radius 1 is 1.35 bits per heavy atom. The minimum atomic E-state index is -0.611. The summed E-state index contributed by atoms with van der Waals surface area (Å²) in [6.07, 6.45) is 0.655. The average molecular weight is 362 g/mol. The van der Waals surface area contributed by atoms with Crippen LogP contribution >= 0.6 is 23.4 Å². The molecule has 0 aliphatic carbocycles. The molecule has 2 atom stereocenters. The van der Waals surface area contributed by atoms with E-state index in [4.69, 9.17) is 16.3 Å². The Morgan fingerprint density at radius 3 is 2.57 bits per heavy atom. The number of hydrogen-bond donors (Lipinski definition) is 1. The van der Waals surface area contributed by atoms with E-state index in [0.29, 0.717) is 11.3 Å². The zero-order valence-corrected chi connectivity index (χ0v) is 15.2. The predicted molar refractivity (Wildman–Crippen MR) is 91.4 cm³/mol. The van der Waals surface area contributed by atoms with Crippen molar-refractivity contribution in [3.05, 3.63) is 23.0 Å². The first-order chi connectivity index (χ1) is 10.8. The van der Waals surface area contributed by atoms with Gasteiger partial charge in [-0.15, -0.1) is 11.8 Å². The standard InChI is InChI=1S/C16H21ClFNO3S/c1-5-9(3)15(20)19-13-8-14(11(17)7-12(13)18)23-10(4)16(21)22-6-2/h7-10H,5-6H2,1-4H3,(H,19,20). The SMILES string of the molecule is CCOC(=O)C(C)Sc1cc(NC(=O)C(C)CC)c(F)cc1Cl. The number of hydrogen-bond acceptors (Lipinski definition) is 4. The van der Waals surface area contributed by atoms with Gasteiger partial charge in [-0.25, -0.2) is 4.39 Å². The Morgan fingerprint density at radius 2 is 2.00 bits per heavy atom. The number of carbonyl (C=O) groups excluding carboxylic acids is 2. The minimum absolute atomic E-state index is 0.0539. The predicted octanol–water partition coefficient (Wildman–Crippen LogP) is 4.51.